The molecule has 2 aromatic carbocycles. The van der Waals surface area contributed by atoms with Crippen LogP contribution in [0, 0.1) is 0 Å². The molecular weight excluding hydrogens is 338 g/mol. The molecule has 0 fully saturated rings. The zero-order valence-electron chi connectivity index (χ0n) is 11.1. The molecular formula is C16H15BrClNO. The van der Waals surface area contributed by atoms with Crippen LogP contribution in [-0.4, -0.2) is 5.91 Å². The molecule has 0 aliphatic carbocycles. The number of halogens is 2. The van der Waals surface area contributed by atoms with Crippen LogP contribution in [0.15, 0.2) is 53.0 Å². The lowest BCUT2D eigenvalue weighted by atomic mass is 10.1. The Hall–Kier alpha value is -1.32. The van der Waals surface area contributed by atoms with Crippen molar-refractivity contribution in [1.82, 2.24) is 5.32 Å². The Bertz CT molecular complexity index is 615. The fraction of sp³-hybridized carbons (Fsp3) is 0.188. The molecule has 20 heavy (non-hydrogen) atoms. The molecule has 0 aromatic heterocycles. The fourth-order valence-corrected chi connectivity index (χ4v) is 2.52. The van der Waals surface area contributed by atoms with Gasteiger partial charge in [-0.2, -0.15) is 0 Å². The van der Waals surface area contributed by atoms with Gasteiger partial charge in [-0.15, -0.1) is 11.6 Å². The Morgan fingerprint density at radius 3 is 2.70 bits per heavy atom. The summed E-state index contributed by atoms with van der Waals surface area (Å²) in [6.45, 7) is 1.96. The minimum atomic E-state index is -0.0931. The first-order valence-corrected chi connectivity index (χ1v) is 7.64. The molecule has 0 aliphatic heterocycles. The van der Waals surface area contributed by atoms with Gasteiger partial charge >= 0.3 is 0 Å². The molecule has 1 N–H and O–H groups in total. The van der Waals surface area contributed by atoms with E-state index < -0.39 is 0 Å². The van der Waals surface area contributed by atoms with E-state index in [1.54, 1.807) is 6.07 Å². The minimum Gasteiger partial charge on any atom is -0.346 e. The highest BCUT2D eigenvalue weighted by Gasteiger charge is 2.11. The lowest BCUT2D eigenvalue weighted by Crippen LogP contribution is -2.26. The first-order valence-electron chi connectivity index (χ1n) is 6.31. The van der Waals surface area contributed by atoms with Crippen molar-refractivity contribution in [2.45, 2.75) is 18.8 Å². The summed E-state index contributed by atoms with van der Waals surface area (Å²) in [4.78, 5) is 12.2. The molecule has 1 unspecified atom stereocenters. The predicted molar refractivity (Wildman–Crippen MR) is 86.0 cm³/mol. The average Bonchev–Trinajstić information content (AvgIpc) is 2.47. The predicted octanol–water partition coefficient (Wildman–Crippen LogP) is 4.68. The van der Waals surface area contributed by atoms with Crippen LogP contribution in [0.25, 0.3) is 0 Å². The first kappa shape index (κ1) is 15.1. The number of amides is 1. The maximum absolute atomic E-state index is 12.2. The average molecular weight is 353 g/mol. The molecule has 0 bridgehead atoms. The minimum absolute atomic E-state index is 0.0559. The van der Waals surface area contributed by atoms with Crippen LogP contribution in [-0.2, 0) is 5.88 Å². The van der Waals surface area contributed by atoms with Gasteiger partial charge in [-0.3, -0.25) is 4.79 Å². The molecule has 0 spiro atoms. The van der Waals surface area contributed by atoms with Crippen molar-refractivity contribution in [1.29, 1.82) is 0 Å². The summed E-state index contributed by atoms with van der Waals surface area (Å²) in [7, 11) is 0. The van der Waals surface area contributed by atoms with Gasteiger partial charge in [-0.05, 0) is 42.3 Å². The van der Waals surface area contributed by atoms with E-state index >= 15 is 0 Å². The van der Waals surface area contributed by atoms with Gasteiger partial charge in [0.05, 0.1) is 6.04 Å². The highest BCUT2D eigenvalue weighted by Crippen LogP contribution is 2.18. The first-order chi connectivity index (χ1) is 9.60. The van der Waals surface area contributed by atoms with E-state index in [4.69, 9.17) is 11.6 Å². The van der Waals surface area contributed by atoms with E-state index in [0.717, 1.165) is 15.6 Å². The number of carbonyl (C=O) groups is 1. The topological polar surface area (TPSA) is 29.1 Å². The van der Waals surface area contributed by atoms with Crippen molar-refractivity contribution in [3.8, 4) is 0 Å². The Labute approximate surface area is 132 Å². The summed E-state index contributed by atoms with van der Waals surface area (Å²) >= 11 is 9.22. The SMILES string of the molecule is CC(NC(=O)c1cccc(CCl)c1)c1cccc(Br)c1. The van der Waals surface area contributed by atoms with Gasteiger partial charge in [0.1, 0.15) is 0 Å². The van der Waals surface area contributed by atoms with Crippen LogP contribution in [0.4, 0.5) is 0 Å². The quantitative estimate of drug-likeness (QED) is 0.795. The molecule has 2 nitrogen and oxygen atoms in total. The van der Waals surface area contributed by atoms with E-state index in [9.17, 15) is 4.79 Å². The van der Waals surface area contributed by atoms with Crippen LogP contribution in [0.3, 0.4) is 0 Å². The fourth-order valence-electron chi connectivity index (χ4n) is 1.93. The Morgan fingerprint density at radius 2 is 2.00 bits per heavy atom. The molecule has 104 valence electrons. The third-order valence-electron chi connectivity index (χ3n) is 3.04. The van der Waals surface area contributed by atoms with Crippen molar-refractivity contribution >= 4 is 33.4 Å². The van der Waals surface area contributed by atoms with Crippen LogP contribution < -0.4 is 5.32 Å². The second kappa shape index (κ2) is 6.91. The summed E-state index contributed by atoms with van der Waals surface area (Å²) in [5.41, 5.74) is 2.63. The third-order valence-corrected chi connectivity index (χ3v) is 3.84. The number of carbonyl (C=O) groups excluding carboxylic acids is 1. The largest absolute Gasteiger partial charge is 0.346 e. The molecule has 0 saturated heterocycles. The second-order valence-corrected chi connectivity index (χ2v) is 5.77. The van der Waals surface area contributed by atoms with Crippen LogP contribution in [0.5, 0.6) is 0 Å². The van der Waals surface area contributed by atoms with Gasteiger partial charge in [0, 0.05) is 15.9 Å². The van der Waals surface area contributed by atoms with Gasteiger partial charge in [-0.1, -0.05) is 40.2 Å². The maximum Gasteiger partial charge on any atom is 0.251 e. The van der Waals surface area contributed by atoms with Crippen molar-refractivity contribution in [2.24, 2.45) is 0 Å². The van der Waals surface area contributed by atoms with Gasteiger partial charge in [0.2, 0.25) is 0 Å². The zero-order valence-corrected chi connectivity index (χ0v) is 13.4. The van der Waals surface area contributed by atoms with Gasteiger partial charge in [0.25, 0.3) is 5.91 Å². The lowest BCUT2D eigenvalue weighted by molar-refractivity contribution is 0.0940. The van der Waals surface area contributed by atoms with E-state index in [1.807, 2.05) is 49.4 Å². The maximum atomic E-state index is 12.2. The molecule has 0 aliphatic rings. The number of hydrogen-bond acceptors (Lipinski definition) is 1. The highest BCUT2D eigenvalue weighted by molar-refractivity contribution is 9.10. The van der Waals surface area contributed by atoms with Gasteiger partial charge < -0.3 is 5.32 Å². The van der Waals surface area contributed by atoms with E-state index in [2.05, 4.69) is 21.2 Å². The molecule has 1 amide bonds. The zero-order chi connectivity index (χ0) is 14.5. The van der Waals surface area contributed by atoms with Crippen molar-refractivity contribution in [3.63, 3.8) is 0 Å². The molecule has 0 saturated carbocycles. The number of alkyl halides is 1. The van der Waals surface area contributed by atoms with Crippen LogP contribution in [0.1, 0.15) is 34.5 Å². The molecule has 0 radical (unpaired) electrons. The summed E-state index contributed by atoms with van der Waals surface area (Å²) in [5.74, 6) is 0.312. The van der Waals surface area contributed by atoms with Crippen LogP contribution in [0.2, 0.25) is 0 Å². The smallest absolute Gasteiger partial charge is 0.251 e. The monoisotopic (exact) mass is 351 g/mol. The second-order valence-electron chi connectivity index (χ2n) is 4.58. The highest BCUT2D eigenvalue weighted by atomic mass is 79.9. The number of hydrogen-bond donors (Lipinski definition) is 1. The Morgan fingerprint density at radius 1 is 1.25 bits per heavy atom. The summed E-state index contributed by atoms with van der Waals surface area (Å²) in [6.07, 6.45) is 0. The summed E-state index contributed by atoms with van der Waals surface area (Å²) < 4.78 is 1.00. The van der Waals surface area contributed by atoms with Crippen LogP contribution >= 0.6 is 27.5 Å². The molecule has 2 rings (SSSR count). The Balaban J connectivity index is 2.10. The van der Waals surface area contributed by atoms with E-state index in [1.165, 1.54) is 0 Å². The van der Waals surface area contributed by atoms with Crippen molar-refractivity contribution < 1.29 is 4.79 Å². The summed E-state index contributed by atoms with van der Waals surface area (Å²) in [6, 6.07) is 15.2. The van der Waals surface area contributed by atoms with E-state index in [-0.39, 0.29) is 11.9 Å². The lowest BCUT2D eigenvalue weighted by Gasteiger charge is -2.15. The molecule has 1 atom stereocenters. The van der Waals surface area contributed by atoms with Gasteiger partial charge in [0.15, 0.2) is 0 Å². The normalized spacial score (nSPS) is 11.9. The van der Waals surface area contributed by atoms with E-state index in [0.29, 0.717) is 11.4 Å². The molecule has 0 heterocycles. The van der Waals surface area contributed by atoms with Gasteiger partial charge in [-0.25, -0.2) is 0 Å². The van der Waals surface area contributed by atoms with Crippen molar-refractivity contribution in [3.05, 3.63) is 69.7 Å². The number of rotatable bonds is 4. The standard InChI is InChI=1S/C16H15BrClNO/c1-11(13-5-3-7-15(17)9-13)19-16(20)14-6-2-4-12(8-14)10-18/h2-9,11H,10H2,1H3,(H,19,20). The Kier molecular flexibility index (Phi) is 5.21. The third kappa shape index (κ3) is 3.84. The summed E-state index contributed by atoms with van der Waals surface area (Å²) in [5, 5.41) is 2.99. The molecule has 2 aromatic rings. The number of nitrogens with one attached hydrogen (secondary N) is 1. The molecule has 4 heteroatoms. The number of benzene rings is 2. The van der Waals surface area contributed by atoms with Crippen molar-refractivity contribution in [2.75, 3.05) is 0 Å².